The second-order valence-electron chi connectivity index (χ2n) is 4.55. The third kappa shape index (κ3) is 4.82. The summed E-state index contributed by atoms with van der Waals surface area (Å²) in [6, 6.07) is 13.1. The Kier molecular flexibility index (Phi) is 5.25. The molecule has 0 amide bonds. The fourth-order valence-corrected chi connectivity index (χ4v) is 1.71. The molecule has 0 spiro atoms. The highest BCUT2D eigenvalue weighted by molar-refractivity contribution is 5.81. The zero-order valence-corrected chi connectivity index (χ0v) is 12.1. The standard InChI is InChI=1S/C16H14FN5O/c17-15-7-12(8-18)1-4-13(15)10-23-14-5-2-11(3-6-14)9-21-22-16(19)20/h1-7,9H,10H2,(H4,19,20,22). The van der Waals surface area contributed by atoms with Crippen LogP contribution < -0.4 is 16.2 Å². The van der Waals surface area contributed by atoms with Gasteiger partial charge in [0.25, 0.3) is 0 Å². The second-order valence-corrected chi connectivity index (χ2v) is 4.55. The monoisotopic (exact) mass is 311 g/mol. The summed E-state index contributed by atoms with van der Waals surface area (Å²) < 4.78 is 19.2. The third-order valence-corrected chi connectivity index (χ3v) is 2.84. The molecule has 7 heteroatoms. The SMILES string of the molecule is N#Cc1ccc(COc2ccc(C=NN=C(N)N)cc2)c(F)c1. The molecule has 0 aromatic heterocycles. The Morgan fingerprint density at radius 1 is 1.22 bits per heavy atom. The van der Waals surface area contributed by atoms with E-state index in [2.05, 4.69) is 10.2 Å². The van der Waals surface area contributed by atoms with Crippen molar-refractivity contribution >= 4 is 12.2 Å². The smallest absolute Gasteiger partial charge is 0.211 e. The van der Waals surface area contributed by atoms with Gasteiger partial charge in [-0.1, -0.05) is 6.07 Å². The molecule has 0 atom stereocenters. The van der Waals surface area contributed by atoms with Crippen LogP contribution in [0.25, 0.3) is 0 Å². The first kappa shape index (κ1) is 16.0. The van der Waals surface area contributed by atoms with Gasteiger partial charge in [0.05, 0.1) is 17.8 Å². The molecule has 116 valence electrons. The highest BCUT2D eigenvalue weighted by Gasteiger charge is 2.04. The summed E-state index contributed by atoms with van der Waals surface area (Å²) in [5.74, 6) is -0.0107. The van der Waals surface area contributed by atoms with E-state index in [0.717, 1.165) is 5.56 Å². The number of guanidine groups is 1. The number of nitrogens with zero attached hydrogens (tertiary/aromatic N) is 3. The Balaban J connectivity index is 1.98. The third-order valence-electron chi connectivity index (χ3n) is 2.84. The van der Waals surface area contributed by atoms with Crippen LogP contribution in [0.4, 0.5) is 4.39 Å². The van der Waals surface area contributed by atoms with E-state index >= 15 is 0 Å². The molecule has 4 N–H and O–H groups in total. The molecule has 0 unspecified atom stereocenters. The molecule has 2 rings (SSSR count). The van der Waals surface area contributed by atoms with E-state index < -0.39 is 5.82 Å². The summed E-state index contributed by atoms with van der Waals surface area (Å²) in [5.41, 5.74) is 11.7. The van der Waals surface area contributed by atoms with Crippen molar-refractivity contribution in [2.24, 2.45) is 21.7 Å². The number of nitrogens with two attached hydrogens (primary N) is 2. The molecule has 0 bridgehead atoms. The number of hydrogen-bond acceptors (Lipinski definition) is 4. The maximum atomic E-state index is 13.7. The van der Waals surface area contributed by atoms with Gasteiger partial charge in [-0.05, 0) is 42.0 Å². The lowest BCUT2D eigenvalue weighted by Gasteiger charge is -2.07. The highest BCUT2D eigenvalue weighted by atomic mass is 19.1. The minimum Gasteiger partial charge on any atom is -0.489 e. The van der Waals surface area contributed by atoms with Gasteiger partial charge in [0.1, 0.15) is 18.2 Å². The first-order chi connectivity index (χ1) is 11.1. The molecule has 0 saturated heterocycles. The number of hydrogen-bond donors (Lipinski definition) is 2. The van der Waals surface area contributed by atoms with E-state index in [-0.39, 0.29) is 18.1 Å². The predicted octanol–water partition coefficient (Wildman–Crippen LogP) is 1.88. The van der Waals surface area contributed by atoms with Gasteiger partial charge in [0, 0.05) is 5.56 Å². The largest absolute Gasteiger partial charge is 0.489 e. The van der Waals surface area contributed by atoms with E-state index in [9.17, 15) is 4.39 Å². The summed E-state index contributed by atoms with van der Waals surface area (Å²) in [4.78, 5) is 0. The zero-order valence-electron chi connectivity index (χ0n) is 12.1. The van der Waals surface area contributed by atoms with Crippen LogP contribution in [0.15, 0.2) is 52.7 Å². The van der Waals surface area contributed by atoms with Gasteiger partial charge in [0.2, 0.25) is 5.96 Å². The van der Waals surface area contributed by atoms with Crippen molar-refractivity contribution in [2.75, 3.05) is 0 Å². The molecule has 0 fully saturated rings. The first-order valence-electron chi connectivity index (χ1n) is 6.62. The molecule has 23 heavy (non-hydrogen) atoms. The maximum absolute atomic E-state index is 13.7. The Bertz CT molecular complexity index is 774. The van der Waals surface area contributed by atoms with Crippen LogP contribution in [0, 0.1) is 17.1 Å². The van der Waals surface area contributed by atoms with Crippen molar-refractivity contribution in [2.45, 2.75) is 6.61 Å². The molecule has 0 aliphatic rings. The Labute approximate surface area is 132 Å². The van der Waals surface area contributed by atoms with E-state index in [1.54, 1.807) is 30.3 Å². The molecule has 0 aliphatic heterocycles. The van der Waals surface area contributed by atoms with Crippen molar-refractivity contribution in [3.05, 3.63) is 65.0 Å². The zero-order chi connectivity index (χ0) is 16.7. The van der Waals surface area contributed by atoms with Crippen LogP contribution >= 0.6 is 0 Å². The van der Waals surface area contributed by atoms with Crippen LogP contribution in [0.5, 0.6) is 5.75 Å². The molecule has 0 saturated carbocycles. The topological polar surface area (TPSA) is 110 Å². The highest BCUT2D eigenvalue weighted by Crippen LogP contribution is 2.16. The van der Waals surface area contributed by atoms with E-state index in [1.165, 1.54) is 18.3 Å². The van der Waals surface area contributed by atoms with Crippen molar-refractivity contribution in [1.29, 1.82) is 5.26 Å². The molecule has 0 radical (unpaired) electrons. The molecule has 6 nitrogen and oxygen atoms in total. The van der Waals surface area contributed by atoms with Gasteiger partial charge in [-0.3, -0.25) is 0 Å². The normalized spacial score (nSPS) is 10.3. The lowest BCUT2D eigenvalue weighted by Crippen LogP contribution is -2.21. The fourth-order valence-electron chi connectivity index (χ4n) is 1.71. The van der Waals surface area contributed by atoms with Crippen LogP contribution in [0.1, 0.15) is 16.7 Å². The Morgan fingerprint density at radius 3 is 2.57 bits per heavy atom. The number of nitriles is 1. The summed E-state index contributed by atoms with van der Waals surface area (Å²) in [6.45, 7) is 0.0684. The van der Waals surface area contributed by atoms with Crippen LogP contribution in [0.3, 0.4) is 0 Å². The molecule has 0 heterocycles. The van der Waals surface area contributed by atoms with Gasteiger partial charge in [-0.25, -0.2) is 4.39 Å². The quantitative estimate of drug-likeness (QED) is 0.499. The van der Waals surface area contributed by atoms with Gasteiger partial charge in [0.15, 0.2) is 0 Å². The summed E-state index contributed by atoms with van der Waals surface area (Å²) >= 11 is 0. The van der Waals surface area contributed by atoms with Gasteiger partial charge >= 0.3 is 0 Å². The van der Waals surface area contributed by atoms with Gasteiger partial charge in [-0.15, -0.1) is 5.10 Å². The van der Waals surface area contributed by atoms with Gasteiger partial charge in [-0.2, -0.15) is 10.4 Å². The van der Waals surface area contributed by atoms with E-state index in [4.69, 9.17) is 21.5 Å². The average Bonchev–Trinajstić information content (AvgIpc) is 2.54. The van der Waals surface area contributed by atoms with Crippen LogP contribution in [0.2, 0.25) is 0 Å². The van der Waals surface area contributed by atoms with Crippen molar-refractivity contribution in [1.82, 2.24) is 0 Å². The second kappa shape index (κ2) is 7.56. The molecule has 2 aromatic rings. The summed E-state index contributed by atoms with van der Waals surface area (Å²) in [6.07, 6.45) is 1.49. The minimum absolute atomic E-state index is 0.0684. The minimum atomic E-state index is -0.468. The van der Waals surface area contributed by atoms with Crippen molar-refractivity contribution in [3.63, 3.8) is 0 Å². The lowest BCUT2D eigenvalue weighted by atomic mass is 10.1. The Hall–Kier alpha value is -3.40. The average molecular weight is 311 g/mol. The van der Waals surface area contributed by atoms with Crippen LogP contribution in [-0.4, -0.2) is 12.2 Å². The molecular weight excluding hydrogens is 297 g/mol. The van der Waals surface area contributed by atoms with E-state index in [1.807, 2.05) is 6.07 Å². The molecule has 0 aliphatic carbocycles. The summed E-state index contributed by atoms with van der Waals surface area (Å²) in [5, 5.41) is 15.9. The number of benzene rings is 2. The maximum Gasteiger partial charge on any atom is 0.211 e. The fraction of sp³-hybridized carbons (Fsp3) is 0.0625. The molecular formula is C16H14FN5O. The Morgan fingerprint density at radius 2 is 1.96 bits per heavy atom. The van der Waals surface area contributed by atoms with Crippen molar-refractivity contribution < 1.29 is 9.13 Å². The first-order valence-corrected chi connectivity index (χ1v) is 6.62. The predicted molar refractivity (Wildman–Crippen MR) is 85.3 cm³/mol. The van der Waals surface area contributed by atoms with Crippen molar-refractivity contribution in [3.8, 4) is 11.8 Å². The van der Waals surface area contributed by atoms with Gasteiger partial charge < -0.3 is 16.2 Å². The molecule has 2 aromatic carbocycles. The number of ether oxygens (including phenoxy) is 1. The summed E-state index contributed by atoms with van der Waals surface area (Å²) in [7, 11) is 0. The lowest BCUT2D eigenvalue weighted by molar-refractivity contribution is 0.300. The van der Waals surface area contributed by atoms with Crippen LogP contribution in [-0.2, 0) is 6.61 Å². The number of rotatable bonds is 5. The number of halogens is 1. The van der Waals surface area contributed by atoms with E-state index in [0.29, 0.717) is 11.3 Å².